The molecule has 0 aromatic carbocycles. The van der Waals surface area contributed by atoms with E-state index in [1.54, 1.807) is 6.92 Å². The largest absolute Gasteiger partial charge is 0.465 e. The molecule has 0 N–H and O–H groups in total. The molecular formula is C14H26N2O3. The minimum Gasteiger partial charge on any atom is -0.465 e. The lowest BCUT2D eigenvalue weighted by Crippen LogP contribution is -2.34. The zero-order valence-corrected chi connectivity index (χ0v) is 12.6. The fourth-order valence-electron chi connectivity index (χ4n) is 1.84. The first-order valence-corrected chi connectivity index (χ1v) is 6.83. The Balaban J connectivity index is 4.65. The van der Waals surface area contributed by atoms with E-state index in [1.165, 1.54) is 0 Å². The second-order valence-corrected chi connectivity index (χ2v) is 4.77. The average molecular weight is 270 g/mol. The maximum absolute atomic E-state index is 12.1. The Morgan fingerprint density at radius 2 is 1.95 bits per heavy atom. The summed E-state index contributed by atoms with van der Waals surface area (Å²) in [4.78, 5) is 14.1. The zero-order chi connectivity index (χ0) is 14.7. The van der Waals surface area contributed by atoms with Crippen LogP contribution in [0.15, 0.2) is 0 Å². The van der Waals surface area contributed by atoms with Crippen LogP contribution in [0.25, 0.3) is 0 Å². The van der Waals surface area contributed by atoms with E-state index in [1.807, 2.05) is 25.9 Å². The third-order valence-electron chi connectivity index (χ3n) is 2.97. The van der Waals surface area contributed by atoms with Gasteiger partial charge < -0.3 is 14.4 Å². The van der Waals surface area contributed by atoms with Crippen LogP contribution in [-0.4, -0.2) is 51.3 Å². The van der Waals surface area contributed by atoms with Crippen LogP contribution in [0, 0.1) is 16.7 Å². The molecule has 0 aliphatic carbocycles. The fraction of sp³-hybridized carbons (Fsp3) is 0.857. The molecule has 0 fully saturated rings. The molecule has 0 bridgehead atoms. The first kappa shape index (κ1) is 17.9. The number of esters is 1. The van der Waals surface area contributed by atoms with Gasteiger partial charge in [-0.15, -0.1) is 0 Å². The lowest BCUT2D eigenvalue weighted by Gasteiger charge is -2.24. The van der Waals surface area contributed by atoms with Crippen molar-refractivity contribution in [3.63, 3.8) is 0 Å². The van der Waals surface area contributed by atoms with Crippen molar-refractivity contribution in [3.05, 3.63) is 0 Å². The molecule has 19 heavy (non-hydrogen) atoms. The SMILES string of the molecule is CCOCCC(C#N)(CCCN(C)C)C(=O)OCC. The van der Waals surface area contributed by atoms with E-state index in [0.717, 1.165) is 13.0 Å². The molecule has 5 heteroatoms. The summed E-state index contributed by atoms with van der Waals surface area (Å²) >= 11 is 0. The summed E-state index contributed by atoms with van der Waals surface area (Å²) in [5, 5.41) is 9.42. The van der Waals surface area contributed by atoms with Gasteiger partial charge in [0, 0.05) is 19.6 Å². The van der Waals surface area contributed by atoms with Crippen molar-refractivity contribution in [3.8, 4) is 6.07 Å². The topological polar surface area (TPSA) is 62.6 Å². The molecule has 0 saturated carbocycles. The molecule has 0 aliphatic heterocycles. The second kappa shape index (κ2) is 9.76. The second-order valence-electron chi connectivity index (χ2n) is 4.77. The standard InChI is InChI=1S/C14H26N2O3/c1-5-18-11-9-14(12-15,13(17)19-6-2)8-7-10-16(3)4/h5-11H2,1-4H3. The molecular weight excluding hydrogens is 244 g/mol. The molecule has 110 valence electrons. The van der Waals surface area contributed by atoms with E-state index in [-0.39, 0.29) is 0 Å². The highest BCUT2D eigenvalue weighted by Crippen LogP contribution is 2.29. The normalized spacial score (nSPS) is 13.9. The summed E-state index contributed by atoms with van der Waals surface area (Å²) in [5.41, 5.74) is -1.07. The van der Waals surface area contributed by atoms with Crippen molar-refractivity contribution in [1.82, 2.24) is 4.90 Å². The van der Waals surface area contributed by atoms with Crippen molar-refractivity contribution in [2.75, 3.05) is 40.5 Å². The highest BCUT2D eigenvalue weighted by Gasteiger charge is 2.39. The molecule has 0 aromatic heterocycles. The van der Waals surface area contributed by atoms with E-state index in [2.05, 4.69) is 6.07 Å². The van der Waals surface area contributed by atoms with Crippen molar-refractivity contribution in [2.24, 2.45) is 5.41 Å². The molecule has 0 saturated heterocycles. The highest BCUT2D eigenvalue weighted by molar-refractivity contribution is 5.80. The first-order valence-electron chi connectivity index (χ1n) is 6.83. The summed E-state index contributed by atoms with van der Waals surface area (Å²) in [6.07, 6.45) is 1.68. The quantitative estimate of drug-likeness (QED) is 0.447. The molecule has 5 nitrogen and oxygen atoms in total. The van der Waals surface area contributed by atoms with Crippen LogP contribution in [-0.2, 0) is 14.3 Å². The number of hydrogen-bond acceptors (Lipinski definition) is 5. The van der Waals surface area contributed by atoms with E-state index in [4.69, 9.17) is 9.47 Å². The zero-order valence-electron chi connectivity index (χ0n) is 12.6. The number of rotatable bonds is 10. The average Bonchev–Trinajstić information content (AvgIpc) is 2.37. The highest BCUT2D eigenvalue weighted by atomic mass is 16.5. The van der Waals surface area contributed by atoms with Gasteiger partial charge >= 0.3 is 5.97 Å². The Kier molecular flexibility index (Phi) is 9.19. The molecule has 0 rings (SSSR count). The van der Waals surface area contributed by atoms with Crippen LogP contribution in [0.1, 0.15) is 33.1 Å². The minimum absolute atomic E-state index is 0.296. The predicted octanol–water partition coefficient (Wildman–Crippen LogP) is 1.83. The molecule has 1 unspecified atom stereocenters. The molecule has 0 radical (unpaired) electrons. The first-order chi connectivity index (χ1) is 9.02. The molecule has 0 heterocycles. The van der Waals surface area contributed by atoms with E-state index < -0.39 is 11.4 Å². The molecule has 0 aromatic rings. The summed E-state index contributed by atoms with van der Waals surface area (Å²) in [7, 11) is 3.94. The number of carbonyl (C=O) groups excluding carboxylic acids is 1. The lowest BCUT2D eigenvalue weighted by atomic mass is 9.81. The smallest absolute Gasteiger partial charge is 0.326 e. The third-order valence-corrected chi connectivity index (χ3v) is 2.97. The van der Waals surface area contributed by atoms with Gasteiger partial charge in [0.2, 0.25) is 0 Å². The predicted molar refractivity (Wildman–Crippen MR) is 73.6 cm³/mol. The molecule has 0 aliphatic rings. The Morgan fingerprint density at radius 1 is 1.26 bits per heavy atom. The summed E-state index contributed by atoms with van der Waals surface area (Å²) in [5.74, 6) is -0.420. The van der Waals surface area contributed by atoms with Crippen molar-refractivity contribution < 1.29 is 14.3 Å². The molecule has 0 spiro atoms. The van der Waals surface area contributed by atoms with Gasteiger partial charge in [0.1, 0.15) is 0 Å². The van der Waals surface area contributed by atoms with Crippen LogP contribution in [0.2, 0.25) is 0 Å². The van der Waals surface area contributed by atoms with Gasteiger partial charge in [-0.05, 0) is 47.3 Å². The maximum Gasteiger partial charge on any atom is 0.326 e. The number of nitriles is 1. The summed E-state index contributed by atoms with van der Waals surface area (Å²) < 4.78 is 10.3. The Labute approximate surface area is 116 Å². The lowest BCUT2D eigenvalue weighted by molar-refractivity contribution is -0.153. The Morgan fingerprint density at radius 3 is 2.42 bits per heavy atom. The number of carbonyl (C=O) groups is 1. The molecule has 0 amide bonds. The van der Waals surface area contributed by atoms with Crippen LogP contribution >= 0.6 is 0 Å². The number of hydrogen-bond donors (Lipinski definition) is 0. The Hall–Kier alpha value is -1.12. The number of ether oxygens (including phenoxy) is 2. The number of nitrogens with zero attached hydrogens (tertiary/aromatic N) is 2. The van der Waals surface area contributed by atoms with Crippen molar-refractivity contribution in [2.45, 2.75) is 33.1 Å². The third kappa shape index (κ3) is 6.55. The fourth-order valence-corrected chi connectivity index (χ4v) is 1.84. The van der Waals surface area contributed by atoms with Crippen LogP contribution in [0.5, 0.6) is 0 Å². The van der Waals surface area contributed by atoms with Gasteiger partial charge in [0.15, 0.2) is 5.41 Å². The van der Waals surface area contributed by atoms with Crippen LogP contribution < -0.4 is 0 Å². The minimum atomic E-state index is -1.07. The van der Waals surface area contributed by atoms with Crippen molar-refractivity contribution >= 4 is 5.97 Å². The monoisotopic (exact) mass is 270 g/mol. The summed E-state index contributed by atoms with van der Waals surface area (Å²) in [6.45, 7) is 5.78. The van der Waals surface area contributed by atoms with Crippen molar-refractivity contribution in [1.29, 1.82) is 5.26 Å². The van der Waals surface area contributed by atoms with Crippen LogP contribution in [0.3, 0.4) is 0 Å². The Bertz CT molecular complexity index is 300. The van der Waals surface area contributed by atoms with Crippen LogP contribution in [0.4, 0.5) is 0 Å². The van der Waals surface area contributed by atoms with Gasteiger partial charge in [0.25, 0.3) is 0 Å². The van der Waals surface area contributed by atoms with Gasteiger partial charge in [-0.1, -0.05) is 0 Å². The van der Waals surface area contributed by atoms with E-state index in [0.29, 0.717) is 32.7 Å². The maximum atomic E-state index is 12.1. The molecule has 1 atom stereocenters. The van der Waals surface area contributed by atoms with E-state index in [9.17, 15) is 10.1 Å². The van der Waals surface area contributed by atoms with Gasteiger partial charge in [-0.2, -0.15) is 5.26 Å². The summed E-state index contributed by atoms with van der Waals surface area (Å²) in [6, 6.07) is 2.16. The van der Waals surface area contributed by atoms with E-state index >= 15 is 0 Å². The van der Waals surface area contributed by atoms with Gasteiger partial charge in [-0.3, -0.25) is 4.79 Å². The van der Waals surface area contributed by atoms with Gasteiger partial charge in [0.05, 0.1) is 12.7 Å². The van der Waals surface area contributed by atoms with Gasteiger partial charge in [-0.25, -0.2) is 0 Å².